The molecule has 1 saturated heterocycles. The van der Waals surface area contributed by atoms with Crippen molar-refractivity contribution in [2.24, 2.45) is 5.73 Å². The summed E-state index contributed by atoms with van der Waals surface area (Å²) in [5, 5.41) is 0.287. The molecule has 2 aromatic rings. The lowest BCUT2D eigenvalue weighted by atomic mass is 10.0. The van der Waals surface area contributed by atoms with Crippen LogP contribution in [0.3, 0.4) is 0 Å². The lowest BCUT2D eigenvalue weighted by molar-refractivity contribution is 0.0617. The van der Waals surface area contributed by atoms with Crippen LogP contribution in [0.2, 0.25) is 0 Å². The number of halogens is 2. The molecule has 0 saturated carbocycles. The normalized spacial score (nSPS) is 16.9. The summed E-state index contributed by atoms with van der Waals surface area (Å²) in [4.78, 5) is 46.6. The van der Waals surface area contributed by atoms with Gasteiger partial charge in [-0.25, -0.2) is 9.78 Å². The summed E-state index contributed by atoms with van der Waals surface area (Å²) in [7, 11) is 0. The Labute approximate surface area is 156 Å². The number of pyridine rings is 1. The van der Waals surface area contributed by atoms with E-state index in [4.69, 9.17) is 5.73 Å². The fourth-order valence-corrected chi connectivity index (χ4v) is 3.12. The number of hydrogen-bond donors (Lipinski definition) is 3. The number of likely N-dealkylation sites (tertiary alicyclic amines) is 1. The highest BCUT2D eigenvalue weighted by molar-refractivity contribution is 5.95. The zero-order chi connectivity index (χ0) is 16.6. The van der Waals surface area contributed by atoms with Gasteiger partial charge in [-0.05, 0) is 37.8 Å². The Hall–Kier alpha value is -1.90. The predicted molar refractivity (Wildman–Crippen MR) is 99.9 cm³/mol. The first-order valence-electron chi connectivity index (χ1n) is 7.66. The molecule has 0 radical (unpaired) electrons. The van der Waals surface area contributed by atoms with Crippen molar-refractivity contribution in [1.82, 2.24) is 19.9 Å². The third kappa shape index (κ3) is 4.02. The molecular weight excluding hydrogens is 369 g/mol. The lowest BCUT2D eigenvalue weighted by Gasteiger charge is -2.34. The molecule has 1 unspecified atom stereocenters. The van der Waals surface area contributed by atoms with E-state index in [0.717, 1.165) is 19.3 Å². The van der Waals surface area contributed by atoms with Crippen LogP contribution in [-0.4, -0.2) is 44.9 Å². The number of H-pyrrole nitrogens is 2. The van der Waals surface area contributed by atoms with Gasteiger partial charge in [0.1, 0.15) is 11.3 Å². The fourth-order valence-electron chi connectivity index (χ4n) is 3.12. The van der Waals surface area contributed by atoms with Crippen molar-refractivity contribution in [2.75, 3.05) is 13.1 Å². The zero-order valence-corrected chi connectivity index (χ0v) is 15.3. The highest BCUT2D eigenvalue weighted by Gasteiger charge is 2.27. The molecule has 1 atom stereocenters. The Morgan fingerprint density at radius 2 is 2.04 bits per heavy atom. The van der Waals surface area contributed by atoms with Crippen LogP contribution < -0.4 is 17.0 Å². The molecule has 0 aromatic carbocycles. The maximum Gasteiger partial charge on any atom is 0.327 e. The van der Waals surface area contributed by atoms with Gasteiger partial charge in [-0.1, -0.05) is 0 Å². The molecular formula is C15H21Cl2N5O3. The van der Waals surface area contributed by atoms with E-state index in [0.29, 0.717) is 18.7 Å². The maximum absolute atomic E-state index is 12.8. The maximum atomic E-state index is 12.8. The minimum absolute atomic E-state index is 0. The number of carbonyl (C=O) groups is 1. The van der Waals surface area contributed by atoms with Crippen LogP contribution in [0.15, 0.2) is 15.7 Å². The second kappa shape index (κ2) is 8.46. The van der Waals surface area contributed by atoms with E-state index >= 15 is 0 Å². The molecule has 4 N–H and O–H groups in total. The second-order valence-electron chi connectivity index (χ2n) is 5.84. The van der Waals surface area contributed by atoms with Gasteiger partial charge >= 0.3 is 5.69 Å². The van der Waals surface area contributed by atoms with Gasteiger partial charge in [-0.2, -0.15) is 0 Å². The van der Waals surface area contributed by atoms with Gasteiger partial charge in [0.05, 0.1) is 5.39 Å². The van der Waals surface area contributed by atoms with Gasteiger partial charge in [0.25, 0.3) is 11.5 Å². The first-order valence-corrected chi connectivity index (χ1v) is 7.66. The van der Waals surface area contributed by atoms with Crippen LogP contribution >= 0.6 is 24.8 Å². The largest absolute Gasteiger partial charge is 0.333 e. The van der Waals surface area contributed by atoms with Crippen molar-refractivity contribution >= 4 is 41.8 Å². The molecule has 10 heteroatoms. The summed E-state index contributed by atoms with van der Waals surface area (Å²) >= 11 is 0. The first kappa shape index (κ1) is 21.1. The van der Waals surface area contributed by atoms with Gasteiger partial charge in [-0.15, -0.1) is 24.8 Å². The standard InChI is InChI=1S/C15H19N5O3.2ClH/c1-8-6-10(14(22)20-5-3-2-4-9(20)7-16)17-12-11(8)13(21)19-15(23)18-12;;/h6,9H,2-5,7,16H2,1H3,(H2,17,18,19,21,23);2*1H. The van der Waals surface area contributed by atoms with Gasteiger partial charge in [0, 0.05) is 19.1 Å². The number of rotatable bonds is 2. The Kier molecular flexibility index (Phi) is 7.16. The first-order chi connectivity index (χ1) is 11.0. The Morgan fingerprint density at radius 3 is 2.72 bits per heavy atom. The summed E-state index contributed by atoms with van der Waals surface area (Å²) in [6.07, 6.45) is 2.87. The predicted octanol–water partition coefficient (Wildman–Crippen LogP) is 0.717. The van der Waals surface area contributed by atoms with E-state index in [1.807, 2.05) is 0 Å². The van der Waals surface area contributed by atoms with E-state index in [1.54, 1.807) is 17.9 Å². The van der Waals surface area contributed by atoms with Gasteiger partial charge in [0.15, 0.2) is 0 Å². The van der Waals surface area contributed by atoms with Crippen LogP contribution in [0.25, 0.3) is 11.0 Å². The van der Waals surface area contributed by atoms with Gasteiger partial charge < -0.3 is 10.6 Å². The van der Waals surface area contributed by atoms with Crippen LogP contribution in [-0.2, 0) is 0 Å². The number of nitrogens with two attached hydrogens (primary N) is 1. The molecule has 138 valence electrons. The molecule has 25 heavy (non-hydrogen) atoms. The van der Waals surface area contributed by atoms with E-state index < -0.39 is 11.2 Å². The topological polar surface area (TPSA) is 125 Å². The number of fused-ring (bicyclic) bond motifs is 1. The molecule has 1 amide bonds. The average molecular weight is 390 g/mol. The van der Waals surface area contributed by atoms with Crippen LogP contribution in [0.4, 0.5) is 0 Å². The fraction of sp³-hybridized carbons (Fsp3) is 0.467. The van der Waals surface area contributed by atoms with Crippen LogP contribution in [0.5, 0.6) is 0 Å². The third-order valence-electron chi connectivity index (χ3n) is 4.28. The highest BCUT2D eigenvalue weighted by Crippen LogP contribution is 2.20. The minimum atomic E-state index is -0.642. The number of carbonyl (C=O) groups excluding carboxylic acids is 1. The summed E-state index contributed by atoms with van der Waals surface area (Å²) in [6.45, 7) is 2.77. The molecule has 0 spiro atoms. The summed E-state index contributed by atoms with van der Waals surface area (Å²) in [5.74, 6) is -0.216. The SMILES string of the molecule is Cc1cc(C(=O)N2CCCCC2CN)nc2[nH]c(=O)[nH]c(=O)c12.Cl.Cl. The molecule has 3 heterocycles. The van der Waals surface area contributed by atoms with Crippen LogP contribution in [0.1, 0.15) is 35.3 Å². The van der Waals surface area contributed by atoms with E-state index in [9.17, 15) is 14.4 Å². The zero-order valence-electron chi connectivity index (χ0n) is 13.7. The molecule has 0 bridgehead atoms. The molecule has 1 fully saturated rings. The molecule has 8 nitrogen and oxygen atoms in total. The van der Waals surface area contributed by atoms with Crippen molar-refractivity contribution in [3.05, 3.63) is 38.2 Å². The van der Waals surface area contributed by atoms with Gasteiger partial charge in [-0.3, -0.25) is 19.6 Å². The Morgan fingerprint density at radius 1 is 1.32 bits per heavy atom. The number of piperidine rings is 1. The Balaban J connectivity index is 0.00000156. The second-order valence-corrected chi connectivity index (χ2v) is 5.84. The van der Waals surface area contributed by atoms with E-state index in [1.165, 1.54) is 0 Å². The lowest BCUT2D eigenvalue weighted by Crippen LogP contribution is -2.47. The molecule has 1 aliphatic heterocycles. The summed E-state index contributed by atoms with van der Waals surface area (Å²) in [6, 6.07) is 1.59. The minimum Gasteiger partial charge on any atom is -0.333 e. The monoisotopic (exact) mass is 389 g/mol. The van der Waals surface area contributed by atoms with Crippen molar-refractivity contribution in [3.63, 3.8) is 0 Å². The summed E-state index contributed by atoms with van der Waals surface area (Å²) < 4.78 is 0. The molecule has 0 aliphatic carbocycles. The third-order valence-corrected chi connectivity index (χ3v) is 4.28. The Bertz CT molecular complexity index is 880. The number of amides is 1. The van der Waals surface area contributed by atoms with E-state index in [-0.39, 0.29) is 53.5 Å². The highest BCUT2D eigenvalue weighted by atomic mass is 35.5. The van der Waals surface area contributed by atoms with E-state index in [2.05, 4.69) is 15.0 Å². The molecule has 2 aromatic heterocycles. The number of aromatic nitrogens is 3. The number of hydrogen-bond acceptors (Lipinski definition) is 5. The molecule has 3 rings (SSSR count). The summed E-state index contributed by atoms with van der Waals surface area (Å²) in [5.41, 5.74) is 5.55. The van der Waals surface area contributed by atoms with Gasteiger partial charge in [0.2, 0.25) is 0 Å². The van der Waals surface area contributed by atoms with Crippen molar-refractivity contribution in [1.29, 1.82) is 0 Å². The number of aromatic amines is 2. The smallest absolute Gasteiger partial charge is 0.327 e. The van der Waals surface area contributed by atoms with Crippen LogP contribution in [0, 0.1) is 6.92 Å². The average Bonchev–Trinajstić information content (AvgIpc) is 2.52. The van der Waals surface area contributed by atoms with Crippen molar-refractivity contribution in [3.8, 4) is 0 Å². The quantitative estimate of drug-likeness (QED) is 0.697. The number of aryl methyl sites for hydroxylation is 1. The number of nitrogens with one attached hydrogen (secondary N) is 2. The van der Waals surface area contributed by atoms with Crippen molar-refractivity contribution in [2.45, 2.75) is 32.2 Å². The number of nitrogens with zero attached hydrogens (tertiary/aromatic N) is 2. The van der Waals surface area contributed by atoms with Crippen molar-refractivity contribution < 1.29 is 4.79 Å². The molecule has 1 aliphatic rings.